The van der Waals surface area contributed by atoms with Crippen LogP contribution in [0.3, 0.4) is 0 Å². The molecule has 2 aliphatic rings. The van der Waals surface area contributed by atoms with Crippen LogP contribution in [0.15, 0.2) is 60.7 Å². The molecule has 2 aromatic carbocycles. The molecule has 3 unspecified atom stereocenters. The third-order valence-electron chi connectivity index (χ3n) is 6.62. The number of nitrogens with zero attached hydrogens (tertiary/aromatic N) is 1. The van der Waals surface area contributed by atoms with E-state index in [4.69, 9.17) is 0 Å². The minimum Gasteiger partial charge on any atom is -0.352 e. The van der Waals surface area contributed by atoms with Crippen molar-refractivity contribution in [3.63, 3.8) is 0 Å². The van der Waals surface area contributed by atoms with E-state index in [-0.39, 0.29) is 17.7 Å². The minimum atomic E-state index is -0.0675. The number of rotatable bonds is 6. The number of likely N-dealkylation sites (tertiary alicyclic amines) is 1. The van der Waals surface area contributed by atoms with Gasteiger partial charge in [-0.3, -0.25) is 9.69 Å². The molecule has 1 saturated carbocycles. The fourth-order valence-corrected chi connectivity index (χ4v) is 5.28. The first-order chi connectivity index (χ1) is 13.6. The van der Waals surface area contributed by atoms with Crippen molar-refractivity contribution in [3.05, 3.63) is 71.8 Å². The first-order valence-corrected chi connectivity index (χ1v) is 10.7. The van der Waals surface area contributed by atoms with E-state index in [2.05, 4.69) is 66.5 Å². The standard InChI is InChI=1S/C25H32N2O/c1-18(2)24(20-11-7-4-8-12-20)25(28)26-23-14-13-21-16-27(17-22(21)23)15-19-9-5-3-6-10-19/h3-12,18,21-24H,13-17H2,1-2H3,(H,26,28)/t21-,22?,23?,24?/m0/s1. The number of benzene rings is 2. The average Bonchev–Trinajstić information content (AvgIpc) is 3.24. The molecule has 3 heteroatoms. The number of carbonyl (C=O) groups is 1. The molecule has 1 amide bonds. The molecule has 28 heavy (non-hydrogen) atoms. The first-order valence-electron chi connectivity index (χ1n) is 10.7. The Balaban J connectivity index is 1.39. The van der Waals surface area contributed by atoms with E-state index < -0.39 is 0 Å². The van der Waals surface area contributed by atoms with Gasteiger partial charge in [-0.25, -0.2) is 0 Å². The lowest BCUT2D eigenvalue weighted by Gasteiger charge is -2.26. The van der Waals surface area contributed by atoms with E-state index in [1.807, 2.05) is 18.2 Å². The van der Waals surface area contributed by atoms with Gasteiger partial charge >= 0.3 is 0 Å². The van der Waals surface area contributed by atoms with Crippen LogP contribution in [0.2, 0.25) is 0 Å². The summed E-state index contributed by atoms with van der Waals surface area (Å²) in [5.41, 5.74) is 2.51. The molecule has 0 aromatic heterocycles. The lowest BCUT2D eigenvalue weighted by molar-refractivity contribution is -0.124. The van der Waals surface area contributed by atoms with Crippen LogP contribution < -0.4 is 5.32 Å². The van der Waals surface area contributed by atoms with Gasteiger partial charge in [-0.05, 0) is 41.7 Å². The van der Waals surface area contributed by atoms with Crippen molar-refractivity contribution in [1.29, 1.82) is 0 Å². The van der Waals surface area contributed by atoms with Crippen molar-refractivity contribution in [2.75, 3.05) is 13.1 Å². The van der Waals surface area contributed by atoms with Crippen molar-refractivity contribution in [2.45, 2.75) is 45.2 Å². The van der Waals surface area contributed by atoms with Gasteiger partial charge in [0, 0.05) is 25.7 Å². The minimum absolute atomic E-state index is 0.0675. The topological polar surface area (TPSA) is 32.3 Å². The summed E-state index contributed by atoms with van der Waals surface area (Å²) in [6, 6.07) is 21.3. The summed E-state index contributed by atoms with van der Waals surface area (Å²) < 4.78 is 0. The maximum Gasteiger partial charge on any atom is 0.228 e. The average molecular weight is 377 g/mol. The molecule has 0 spiro atoms. The molecule has 4 atom stereocenters. The zero-order chi connectivity index (χ0) is 19.5. The van der Waals surface area contributed by atoms with Crippen molar-refractivity contribution >= 4 is 5.91 Å². The van der Waals surface area contributed by atoms with Gasteiger partial charge in [0.15, 0.2) is 0 Å². The molecular weight excluding hydrogens is 344 g/mol. The van der Waals surface area contributed by atoms with Crippen LogP contribution in [0.1, 0.15) is 43.7 Å². The maximum atomic E-state index is 13.2. The van der Waals surface area contributed by atoms with Gasteiger partial charge in [0.1, 0.15) is 0 Å². The van der Waals surface area contributed by atoms with Gasteiger partial charge in [0.2, 0.25) is 5.91 Å². The summed E-state index contributed by atoms with van der Waals surface area (Å²) in [7, 11) is 0. The van der Waals surface area contributed by atoms with Crippen LogP contribution in [0, 0.1) is 17.8 Å². The van der Waals surface area contributed by atoms with Crippen molar-refractivity contribution < 1.29 is 4.79 Å². The van der Waals surface area contributed by atoms with E-state index >= 15 is 0 Å². The largest absolute Gasteiger partial charge is 0.352 e. The molecule has 1 saturated heterocycles. The second-order valence-corrected chi connectivity index (χ2v) is 8.93. The number of hydrogen-bond acceptors (Lipinski definition) is 2. The Morgan fingerprint density at radius 2 is 1.68 bits per heavy atom. The molecule has 1 aliphatic carbocycles. The quantitative estimate of drug-likeness (QED) is 0.808. The molecule has 0 bridgehead atoms. The third kappa shape index (κ3) is 4.15. The highest BCUT2D eigenvalue weighted by Crippen LogP contribution is 2.39. The smallest absolute Gasteiger partial charge is 0.228 e. The van der Waals surface area contributed by atoms with Crippen LogP contribution in [0.4, 0.5) is 0 Å². The van der Waals surface area contributed by atoms with E-state index in [0.29, 0.717) is 12.0 Å². The zero-order valence-electron chi connectivity index (χ0n) is 17.1. The van der Waals surface area contributed by atoms with Crippen LogP contribution in [-0.4, -0.2) is 29.9 Å². The predicted molar refractivity (Wildman–Crippen MR) is 114 cm³/mol. The Morgan fingerprint density at radius 1 is 1.00 bits per heavy atom. The Morgan fingerprint density at radius 3 is 2.36 bits per heavy atom. The fourth-order valence-electron chi connectivity index (χ4n) is 5.28. The van der Waals surface area contributed by atoms with Gasteiger partial charge in [0.05, 0.1) is 5.92 Å². The molecule has 148 valence electrons. The Bertz CT molecular complexity index is 774. The number of nitrogens with one attached hydrogen (secondary N) is 1. The van der Waals surface area contributed by atoms with Gasteiger partial charge in [-0.2, -0.15) is 0 Å². The van der Waals surface area contributed by atoms with Crippen molar-refractivity contribution in [1.82, 2.24) is 10.2 Å². The molecular formula is C25H32N2O. The Kier molecular flexibility index (Phi) is 5.82. The summed E-state index contributed by atoms with van der Waals surface area (Å²) in [5, 5.41) is 3.45. The summed E-state index contributed by atoms with van der Waals surface area (Å²) in [5.74, 6) is 1.74. The SMILES string of the molecule is CC(C)C(C(=O)NC1CC[C@H]2CN(Cc3ccccc3)CC12)c1ccccc1. The van der Waals surface area contributed by atoms with Crippen LogP contribution >= 0.6 is 0 Å². The second kappa shape index (κ2) is 8.48. The monoisotopic (exact) mass is 376 g/mol. The lowest BCUT2D eigenvalue weighted by atomic mass is 9.87. The molecule has 1 aliphatic heterocycles. The molecule has 3 nitrogen and oxygen atoms in total. The van der Waals surface area contributed by atoms with E-state index in [0.717, 1.165) is 37.5 Å². The maximum absolute atomic E-state index is 13.2. The van der Waals surface area contributed by atoms with Gasteiger partial charge in [-0.1, -0.05) is 74.5 Å². The van der Waals surface area contributed by atoms with Crippen LogP contribution in [0.5, 0.6) is 0 Å². The summed E-state index contributed by atoms with van der Waals surface area (Å²) in [6.07, 6.45) is 2.36. The predicted octanol–water partition coefficient (Wildman–Crippen LogP) is 4.45. The number of fused-ring (bicyclic) bond motifs is 1. The lowest BCUT2D eigenvalue weighted by Crippen LogP contribution is -2.43. The van der Waals surface area contributed by atoms with Crippen LogP contribution in [0.25, 0.3) is 0 Å². The van der Waals surface area contributed by atoms with Crippen LogP contribution in [-0.2, 0) is 11.3 Å². The molecule has 2 fully saturated rings. The molecule has 4 rings (SSSR count). The van der Waals surface area contributed by atoms with E-state index in [1.165, 1.54) is 12.0 Å². The molecule has 1 heterocycles. The van der Waals surface area contributed by atoms with Gasteiger partial charge in [-0.15, -0.1) is 0 Å². The summed E-state index contributed by atoms with van der Waals surface area (Å²) in [4.78, 5) is 15.7. The summed E-state index contributed by atoms with van der Waals surface area (Å²) in [6.45, 7) is 7.57. The van der Waals surface area contributed by atoms with E-state index in [9.17, 15) is 4.79 Å². The second-order valence-electron chi connectivity index (χ2n) is 8.93. The first kappa shape index (κ1) is 19.2. The number of carbonyl (C=O) groups excluding carboxylic acids is 1. The zero-order valence-corrected chi connectivity index (χ0v) is 17.1. The Labute approximate surface area is 169 Å². The van der Waals surface area contributed by atoms with E-state index in [1.54, 1.807) is 0 Å². The van der Waals surface area contributed by atoms with Gasteiger partial charge < -0.3 is 5.32 Å². The highest BCUT2D eigenvalue weighted by Gasteiger charge is 2.43. The highest BCUT2D eigenvalue weighted by molar-refractivity contribution is 5.84. The molecule has 1 N–H and O–H groups in total. The fraction of sp³-hybridized carbons (Fsp3) is 0.480. The third-order valence-corrected chi connectivity index (χ3v) is 6.62. The number of amides is 1. The normalized spacial score (nSPS) is 25.6. The molecule has 2 aromatic rings. The Hall–Kier alpha value is -2.13. The van der Waals surface area contributed by atoms with Crippen molar-refractivity contribution in [2.24, 2.45) is 17.8 Å². The molecule has 0 radical (unpaired) electrons. The van der Waals surface area contributed by atoms with Crippen molar-refractivity contribution in [3.8, 4) is 0 Å². The summed E-state index contributed by atoms with van der Waals surface area (Å²) >= 11 is 0. The highest BCUT2D eigenvalue weighted by atomic mass is 16.2. The van der Waals surface area contributed by atoms with Gasteiger partial charge in [0.25, 0.3) is 0 Å². The number of hydrogen-bond donors (Lipinski definition) is 1.